The third kappa shape index (κ3) is 2.66. The highest BCUT2D eigenvalue weighted by Crippen LogP contribution is 2.18. The van der Waals surface area contributed by atoms with E-state index in [4.69, 9.17) is 5.73 Å². The summed E-state index contributed by atoms with van der Waals surface area (Å²) in [5, 5.41) is 7.22. The molecule has 5 nitrogen and oxygen atoms in total. The molecule has 2 aromatic rings. The van der Waals surface area contributed by atoms with Gasteiger partial charge in [0.15, 0.2) is 0 Å². The lowest BCUT2D eigenvalue weighted by Gasteiger charge is -2.15. The Morgan fingerprint density at radius 2 is 2.05 bits per heavy atom. The number of amides is 1. The lowest BCUT2D eigenvalue weighted by Crippen LogP contribution is -2.29. The van der Waals surface area contributed by atoms with Gasteiger partial charge in [0.1, 0.15) is 5.69 Å². The molecule has 1 aromatic heterocycles. The molecule has 3 N–H and O–H groups in total. The van der Waals surface area contributed by atoms with E-state index in [2.05, 4.69) is 10.4 Å². The molecule has 0 saturated heterocycles. The van der Waals surface area contributed by atoms with Crippen LogP contribution in [0.5, 0.6) is 0 Å². The minimum atomic E-state index is -0.193. The van der Waals surface area contributed by atoms with E-state index in [-0.39, 0.29) is 11.9 Å². The second-order valence-electron chi connectivity index (χ2n) is 4.77. The molecule has 1 aromatic carbocycles. The van der Waals surface area contributed by atoms with E-state index in [9.17, 15) is 4.79 Å². The first-order valence-corrected chi connectivity index (χ1v) is 6.73. The summed E-state index contributed by atoms with van der Waals surface area (Å²) in [6.07, 6.45) is 0. The number of aromatic nitrogens is 2. The van der Waals surface area contributed by atoms with Crippen molar-refractivity contribution in [1.29, 1.82) is 0 Å². The van der Waals surface area contributed by atoms with Crippen molar-refractivity contribution in [3.05, 3.63) is 47.3 Å². The quantitative estimate of drug-likeness (QED) is 0.896. The first kappa shape index (κ1) is 14.1. The third-order valence-corrected chi connectivity index (χ3v) is 3.34. The zero-order valence-corrected chi connectivity index (χ0v) is 12.1. The SMILES string of the molecule is CCn1nc(C)c(N)c1C(=O)N[C@H](C)c1ccccc1. The van der Waals surface area contributed by atoms with Gasteiger partial charge in [-0.1, -0.05) is 30.3 Å². The molecule has 0 saturated carbocycles. The summed E-state index contributed by atoms with van der Waals surface area (Å²) in [4.78, 5) is 12.4. The Balaban J connectivity index is 2.21. The summed E-state index contributed by atoms with van der Waals surface area (Å²) in [5.74, 6) is -0.193. The van der Waals surface area contributed by atoms with Gasteiger partial charge in [-0.15, -0.1) is 0 Å². The molecule has 2 rings (SSSR count). The Morgan fingerprint density at radius 3 is 2.65 bits per heavy atom. The number of nitrogens with zero attached hydrogens (tertiary/aromatic N) is 2. The second kappa shape index (κ2) is 5.77. The maximum Gasteiger partial charge on any atom is 0.272 e. The third-order valence-electron chi connectivity index (χ3n) is 3.34. The summed E-state index contributed by atoms with van der Waals surface area (Å²) >= 11 is 0. The number of carbonyl (C=O) groups excluding carboxylic acids is 1. The molecule has 0 bridgehead atoms. The molecule has 1 amide bonds. The topological polar surface area (TPSA) is 72.9 Å². The van der Waals surface area contributed by atoms with Crippen molar-refractivity contribution in [3.63, 3.8) is 0 Å². The van der Waals surface area contributed by atoms with Gasteiger partial charge in [0.05, 0.1) is 17.4 Å². The molecule has 0 aliphatic rings. The van der Waals surface area contributed by atoms with Crippen molar-refractivity contribution in [2.24, 2.45) is 0 Å². The van der Waals surface area contributed by atoms with Crippen LogP contribution in [0.2, 0.25) is 0 Å². The van der Waals surface area contributed by atoms with Crippen LogP contribution in [-0.2, 0) is 6.54 Å². The van der Waals surface area contributed by atoms with E-state index in [1.54, 1.807) is 11.6 Å². The number of hydrogen-bond donors (Lipinski definition) is 2. The largest absolute Gasteiger partial charge is 0.395 e. The van der Waals surface area contributed by atoms with Crippen LogP contribution in [0.1, 0.15) is 41.6 Å². The lowest BCUT2D eigenvalue weighted by molar-refractivity contribution is 0.0930. The van der Waals surface area contributed by atoms with Crippen molar-refractivity contribution in [2.45, 2.75) is 33.4 Å². The van der Waals surface area contributed by atoms with Gasteiger partial charge in [-0.3, -0.25) is 9.48 Å². The van der Waals surface area contributed by atoms with E-state index in [1.165, 1.54) is 0 Å². The van der Waals surface area contributed by atoms with Gasteiger partial charge >= 0.3 is 0 Å². The normalized spacial score (nSPS) is 12.2. The zero-order chi connectivity index (χ0) is 14.7. The number of carbonyl (C=O) groups is 1. The molecule has 0 fully saturated rings. The number of hydrogen-bond acceptors (Lipinski definition) is 3. The Bertz CT molecular complexity index is 604. The number of nitrogens with two attached hydrogens (primary N) is 1. The van der Waals surface area contributed by atoms with Gasteiger partial charge in [0.2, 0.25) is 0 Å². The molecule has 5 heteroatoms. The fraction of sp³-hybridized carbons (Fsp3) is 0.333. The van der Waals surface area contributed by atoms with Crippen LogP contribution in [-0.4, -0.2) is 15.7 Å². The van der Waals surface area contributed by atoms with Gasteiger partial charge in [-0.05, 0) is 26.3 Å². The molecule has 20 heavy (non-hydrogen) atoms. The maximum absolute atomic E-state index is 12.4. The number of rotatable bonds is 4. The second-order valence-corrected chi connectivity index (χ2v) is 4.77. The lowest BCUT2D eigenvalue weighted by atomic mass is 10.1. The molecule has 0 unspecified atom stereocenters. The summed E-state index contributed by atoms with van der Waals surface area (Å²) in [7, 11) is 0. The van der Waals surface area contributed by atoms with Crippen molar-refractivity contribution >= 4 is 11.6 Å². The Labute approximate surface area is 118 Å². The number of benzene rings is 1. The van der Waals surface area contributed by atoms with Crippen LogP contribution >= 0.6 is 0 Å². The summed E-state index contributed by atoms with van der Waals surface area (Å²) in [5.41, 5.74) is 8.58. The molecular formula is C15H20N4O. The van der Waals surface area contributed by atoms with Gasteiger partial charge < -0.3 is 11.1 Å². The molecule has 106 valence electrons. The number of anilines is 1. The highest BCUT2D eigenvalue weighted by molar-refractivity contribution is 5.98. The van der Waals surface area contributed by atoms with Crippen LogP contribution in [0.15, 0.2) is 30.3 Å². The maximum atomic E-state index is 12.4. The molecule has 0 spiro atoms. The van der Waals surface area contributed by atoms with Gasteiger partial charge in [-0.2, -0.15) is 5.10 Å². The fourth-order valence-electron chi connectivity index (χ4n) is 2.15. The van der Waals surface area contributed by atoms with E-state index >= 15 is 0 Å². The Kier molecular flexibility index (Phi) is 4.08. The zero-order valence-electron chi connectivity index (χ0n) is 12.1. The molecule has 0 aliphatic heterocycles. The van der Waals surface area contributed by atoms with E-state index in [0.717, 1.165) is 5.56 Å². The monoisotopic (exact) mass is 272 g/mol. The van der Waals surface area contributed by atoms with Crippen LogP contribution in [0.4, 0.5) is 5.69 Å². The van der Waals surface area contributed by atoms with Crippen molar-refractivity contribution in [2.75, 3.05) is 5.73 Å². The first-order chi connectivity index (χ1) is 9.54. The molecule has 0 aliphatic carbocycles. The van der Waals surface area contributed by atoms with Crippen molar-refractivity contribution in [3.8, 4) is 0 Å². The van der Waals surface area contributed by atoms with E-state index < -0.39 is 0 Å². The van der Waals surface area contributed by atoms with Crippen molar-refractivity contribution < 1.29 is 4.79 Å². The summed E-state index contributed by atoms with van der Waals surface area (Å²) in [6.45, 7) is 6.30. The predicted octanol–water partition coefficient (Wildman–Crippen LogP) is 2.28. The minimum Gasteiger partial charge on any atom is -0.395 e. The van der Waals surface area contributed by atoms with E-state index in [0.29, 0.717) is 23.6 Å². The number of nitrogen functional groups attached to an aromatic ring is 1. The average molecular weight is 272 g/mol. The minimum absolute atomic E-state index is 0.0800. The van der Waals surface area contributed by atoms with Gasteiger partial charge in [0, 0.05) is 6.54 Å². The molecule has 0 radical (unpaired) electrons. The average Bonchev–Trinajstić information content (AvgIpc) is 2.75. The Morgan fingerprint density at radius 1 is 1.40 bits per heavy atom. The summed E-state index contributed by atoms with van der Waals surface area (Å²) in [6, 6.07) is 9.74. The van der Waals surface area contributed by atoms with Crippen LogP contribution in [0, 0.1) is 6.92 Å². The van der Waals surface area contributed by atoms with Crippen molar-refractivity contribution in [1.82, 2.24) is 15.1 Å². The molecule has 1 heterocycles. The summed E-state index contributed by atoms with van der Waals surface area (Å²) < 4.78 is 1.64. The highest BCUT2D eigenvalue weighted by Gasteiger charge is 2.20. The Hall–Kier alpha value is -2.30. The molecular weight excluding hydrogens is 252 g/mol. The van der Waals surface area contributed by atoms with Crippen LogP contribution < -0.4 is 11.1 Å². The highest BCUT2D eigenvalue weighted by atomic mass is 16.2. The predicted molar refractivity (Wildman–Crippen MR) is 79.4 cm³/mol. The fourth-order valence-corrected chi connectivity index (χ4v) is 2.15. The molecule has 1 atom stereocenters. The van der Waals surface area contributed by atoms with Crippen LogP contribution in [0.3, 0.4) is 0 Å². The standard InChI is InChI=1S/C15H20N4O/c1-4-19-14(13(16)11(3)18-19)15(20)17-10(2)12-8-6-5-7-9-12/h5-10H,4,16H2,1-3H3,(H,17,20)/t10-/m1/s1. The number of aryl methyl sites for hydroxylation is 2. The number of nitrogens with one attached hydrogen (secondary N) is 1. The van der Waals surface area contributed by atoms with E-state index in [1.807, 2.05) is 44.2 Å². The first-order valence-electron chi connectivity index (χ1n) is 6.73. The van der Waals surface area contributed by atoms with Gasteiger partial charge in [-0.25, -0.2) is 0 Å². The van der Waals surface area contributed by atoms with Crippen LogP contribution in [0.25, 0.3) is 0 Å². The van der Waals surface area contributed by atoms with Gasteiger partial charge in [0.25, 0.3) is 5.91 Å². The smallest absolute Gasteiger partial charge is 0.272 e.